The lowest BCUT2D eigenvalue weighted by Crippen LogP contribution is -2.15. The summed E-state index contributed by atoms with van der Waals surface area (Å²) in [6.07, 6.45) is 3.70. The summed E-state index contributed by atoms with van der Waals surface area (Å²) in [4.78, 5) is 6.52. The molecule has 106 valence electrons. The Balaban J connectivity index is 2.03. The number of likely N-dealkylation sites (N-methyl/N-ethyl adjacent to an activating group) is 1. The van der Waals surface area contributed by atoms with E-state index in [1.807, 2.05) is 36.3 Å². The zero-order valence-electron chi connectivity index (χ0n) is 11.6. The van der Waals surface area contributed by atoms with E-state index in [9.17, 15) is 0 Å². The fourth-order valence-electron chi connectivity index (χ4n) is 2.70. The average Bonchev–Trinajstić information content (AvgIpc) is 2.88. The standard InChI is InChI=1S/C15H15N5S/c1-17-6-7-20-11-3-2-10(16)15-13(11)14(19-20)9-8-18-5-4-12(9)21-15/h2-5,8,17H,6-7,16H2,1H3. The molecule has 0 aliphatic carbocycles. The lowest BCUT2D eigenvalue weighted by atomic mass is 10.1. The molecule has 0 unspecified atom stereocenters. The molecule has 0 saturated heterocycles. The van der Waals surface area contributed by atoms with Crippen LogP contribution < -0.4 is 11.1 Å². The van der Waals surface area contributed by atoms with Gasteiger partial charge in [0.15, 0.2) is 0 Å². The summed E-state index contributed by atoms with van der Waals surface area (Å²) < 4.78 is 2.05. The van der Waals surface area contributed by atoms with Gasteiger partial charge in [0, 0.05) is 45.4 Å². The number of nitrogens with one attached hydrogen (secondary N) is 1. The molecule has 6 heteroatoms. The fourth-order valence-corrected chi connectivity index (χ4v) is 3.80. The second-order valence-electron chi connectivity index (χ2n) is 5.03. The first kappa shape index (κ1) is 12.7. The van der Waals surface area contributed by atoms with Gasteiger partial charge >= 0.3 is 0 Å². The van der Waals surface area contributed by atoms with E-state index in [0.717, 1.165) is 50.7 Å². The number of pyridine rings is 1. The van der Waals surface area contributed by atoms with Crippen LogP contribution in [0.1, 0.15) is 0 Å². The van der Waals surface area contributed by atoms with E-state index in [4.69, 9.17) is 10.8 Å². The second kappa shape index (κ2) is 4.75. The van der Waals surface area contributed by atoms with Crippen LogP contribution in [0.5, 0.6) is 0 Å². The first-order valence-electron chi connectivity index (χ1n) is 6.85. The van der Waals surface area contributed by atoms with E-state index in [1.54, 1.807) is 11.8 Å². The lowest BCUT2D eigenvalue weighted by Gasteiger charge is -2.15. The van der Waals surface area contributed by atoms with E-state index in [1.165, 1.54) is 0 Å². The van der Waals surface area contributed by atoms with Crippen molar-refractivity contribution in [3.63, 3.8) is 0 Å². The molecule has 1 aliphatic heterocycles. The highest BCUT2D eigenvalue weighted by atomic mass is 32.2. The van der Waals surface area contributed by atoms with Crippen LogP contribution in [0.25, 0.3) is 22.2 Å². The van der Waals surface area contributed by atoms with Crippen molar-refractivity contribution in [2.24, 2.45) is 0 Å². The van der Waals surface area contributed by atoms with Gasteiger partial charge in [-0.05, 0) is 25.2 Å². The molecule has 4 rings (SSSR count). The van der Waals surface area contributed by atoms with Crippen LogP contribution in [0.15, 0.2) is 40.4 Å². The molecule has 0 saturated carbocycles. The molecule has 0 fully saturated rings. The van der Waals surface area contributed by atoms with Crippen LogP contribution in [0.4, 0.5) is 5.69 Å². The Morgan fingerprint density at radius 2 is 2.24 bits per heavy atom. The van der Waals surface area contributed by atoms with Crippen LogP contribution in [0, 0.1) is 0 Å². The number of anilines is 1. The highest BCUT2D eigenvalue weighted by Crippen LogP contribution is 2.49. The number of fused-ring (bicyclic) bond motifs is 2. The first-order chi connectivity index (χ1) is 10.3. The number of hydrogen-bond donors (Lipinski definition) is 2. The first-order valence-corrected chi connectivity index (χ1v) is 7.67. The van der Waals surface area contributed by atoms with Crippen LogP contribution >= 0.6 is 11.8 Å². The minimum Gasteiger partial charge on any atom is -0.398 e. The topological polar surface area (TPSA) is 68.8 Å². The highest BCUT2D eigenvalue weighted by Gasteiger charge is 2.25. The van der Waals surface area contributed by atoms with Gasteiger partial charge in [-0.1, -0.05) is 11.8 Å². The van der Waals surface area contributed by atoms with Crippen molar-refractivity contribution in [1.29, 1.82) is 0 Å². The number of benzene rings is 1. The molecule has 5 nitrogen and oxygen atoms in total. The molecule has 3 aromatic rings. The Morgan fingerprint density at radius 1 is 1.33 bits per heavy atom. The number of nitrogen functional groups attached to an aromatic ring is 1. The average molecular weight is 297 g/mol. The van der Waals surface area contributed by atoms with Crippen molar-refractivity contribution in [3.8, 4) is 11.3 Å². The smallest absolute Gasteiger partial charge is 0.104 e. The van der Waals surface area contributed by atoms with Gasteiger partial charge < -0.3 is 11.1 Å². The van der Waals surface area contributed by atoms with Crippen LogP contribution in [-0.4, -0.2) is 28.4 Å². The van der Waals surface area contributed by atoms with Crippen LogP contribution in [0.2, 0.25) is 0 Å². The third kappa shape index (κ3) is 1.83. The van der Waals surface area contributed by atoms with Crippen molar-refractivity contribution >= 4 is 28.4 Å². The van der Waals surface area contributed by atoms with E-state index < -0.39 is 0 Å². The van der Waals surface area contributed by atoms with E-state index >= 15 is 0 Å². The van der Waals surface area contributed by atoms with Gasteiger partial charge in [-0.2, -0.15) is 5.10 Å². The lowest BCUT2D eigenvalue weighted by molar-refractivity contribution is 0.602. The van der Waals surface area contributed by atoms with Crippen molar-refractivity contribution in [2.75, 3.05) is 19.3 Å². The summed E-state index contributed by atoms with van der Waals surface area (Å²) in [5.41, 5.74) is 10.2. The van der Waals surface area contributed by atoms with E-state index in [2.05, 4.69) is 16.4 Å². The van der Waals surface area contributed by atoms with Gasteiger partial charge in [-0.3, -0.25) is 9.67 Å². The number of nitrogens with two attached hydrogens (primary N) is 1. The molecule has 1 aliphatic rings. The van der Waals surface area contributed by atoms with Crippen molar-refractivity contribution in [3.05, 3.63) is 30.6 Å². The predicted molar refractivity (Wildman–Crippen MR) is 85.4 cm³/mol. The molecule has 0 atom stereocenters. The number of hydrogen-bond acceptors (Lipinski definition) is 5. The number of aromatic nitrogens is 3. The van der Waals surface area contributed by atoms with Gasteiger partial charge in [0.2, 0.25) is 0 Å². The molecule has 0 bridgehead atoms. The maximum absolute atomic E-state index is 6.18. The predicted octanol–water partition coefficient (Wildman–Crippen LogP) is 2.36. The van der Waals surface area contributed by atoms with Gasteiger partial charge in [0.05, 0.1) is 12.1 Å². The Bertz CT molecular complexity index is 839. The van der Waals surface area contributed by atoms with E-state index in [-0.39, 0.29) is 0 Å². The molecule has 0 radical (unpaired) electrons. The summed E-state index contributed by atoms with van der Waals surface area (Å²) >= 11 is 1.70. The Hall–Kier alpha value is -2.05. The monoisotopic (exact) mass is 297 g/mol. The molecule has 2 aromatic heterocycles. The summed E-state index contributed by atoms with van der Waals surface area (Å²) in [6.45, 7) is 1.71. The molecule has 3 N–H and O–H groups in total. The SMILES string of the molecule is CNCCn1nc2c3c(c(N)ccc31)Sc1ccncc1-2. The molecular weight excluding hydrogens is 282 g/mol. The van der Waals surface area contributed by atoms with Crippen molar-refractivity contribution < 1.29 is 0 Å². The zero-order chi connectivity index (χ0) is 14.4. The minimum absolute atomic E-state index is 0.810. The van der Waals surface area contributed by atoms with Crippen molar-refractivity contribution in [1.82, 2.24) is 20.1 Å². The third-order valence-electron chi connectivity index (χ3n) is 3.72. The quantitative estimate of drug-likeness (QED) is 0.568. The number of nitrogens with zero attached hydrogens (tertiary/aromatic N) is 3. The zero-order valence-corrected chi connectivity index (χ0v) is 12.4. The molecule has 0 spiro atoms. The Kier molecular flexibility index (Phi) is 2.87. The summed E-state index contributed by atoms with van der Waals surface area (Å²) in [5.74, 6) is 0. The molecule has 21 heavy (non-hydrogen) atoms. The number of rotatable bonds is 3. The molecule has 1 aromatic carbocycles. The van der Waals surface area contributed by atoms with E-state index in [0.29, 0.717) is 0 Å². The Morgan fingerprint density at radius 3 is 3.10 bits per heavy atom. The van der Waals surface area contributed by atoms with Gasteiger partial charge in [-0.25, -0.2) is 0 Å². The van der Waals surface area contributed by atoms with Gasteiger partial charge in [0.1, 0.15) is 5.69 Å². The second-order valence-corrected chi connectivity index (χ2v) is 6.08. The Labute approximate surface area is 126 Å². The summed E-state index contributed by atoms with van der Waals surface area (Å²) in [5, 5.41) is 9.12. The maximum atomic E-state index is 6.18. The fraction of sp³-hybridized carbons (Fsp3) is 0.200. The summed E-state index contributed by atoms with van der Waals surface area (Å²) in [7, 11) is 1.95. The molecular formula is C15H15N5S. The maximum Gasteiger partial charge on any atom is 0.104 e. The normalized spacial score (nSPS) is 12.6. The highest BCUT2D eigenvalue weighted by molar-refractivity contribution is 8.00. The van der Waals surface area contributed by atoms with Gasteiger partial charge in [-0.15, -0.1) is 0 Å². The minimum atomic E-state index is 0.810. The van der Waals surface area contributed by atoms with Crippen LogP contribution in [0.3, 0.4) is 0 Å². The molecule has 3 heterocycles. The third-order valence-corrected chi connectivity index (χ3v) is 4.94. The summed E-state index contributed by atoms with van der Waals surface area (Å²) in [6, 6.07) is 6.05. The van der Waals surface area contributed by atoms with Crippen LogP contribution in [-0.2, 0) is 6.54 Å². The molecule has 0 amide bonds. The van der Waals surface area contributed by atoms with Gasteiger partial charge in [0.25, 0.3) is 0 Å². The van der Waals surface area contributed by atoms with Crippen molar-refractivity contribution in [2.45, 2.75) is 16.3 Å². The largest absolute Gasteiger partial charge is 0.398 e.